The molecule has 1 saturated heterocycles. The second-order valence-electron chi connectivity index (χ2n) is 5.07. The molecule has 0 unspecified atom stereocenters. The summed E-state index contributed by atoms with van der Waals surface area (Å²) in [7, 11) is 0. The molecule has 4 nitrogen and oxygen atoms in total. The van der Waals surface area contributed by atoms with Crippen molar-refractivity contribution >= 4 is 11.3 Å². The molecular weight excluding hydrogens is 272 g/mol. The van der Waals surface area contributed by atoms with E-state index in [9.17, 15) is 4.79 Å². The SMILES string of the molecule is Cc1ccc(-c2[nH]c(=O)sc2CN2CCOCC2)cc1. The first-order chi connectivity index (χ1) is 9.72. The van der Waals surface area contributed by atoms with Gasteiger partial charge in [0.05, 0.1) is 18.9 Å². The summed E-state index contributed by atoms with van der Waals surface area (Å²) in [4.78, 5) is 18.2. The molecule has 1 fully saturated rings. The van der Waals surface area contributed by atoms with Crippen LogP contribution in [-0.4, -0.2) is 36.2 Å². The van der Waals surface area contributed by atoms with E-state index in [0.29, 0.717) is 0 Å². The van der Waals surface area contributed by atoms with E-state index >= 15 is 0 Å². The van der Waals surface area contributed by atoms with Gasteiger partial charge in [-0.15, -0.1) is 0 Å². The van der Waals surface area contributed by atoms with Crippen LogP contribution < -0.4 is 4.87 Å². The average molecular weight is 290 g/mol. The molecule has 0 aliphatic carbocycles. The summed E-state index contributed by atoms with van der Waals surface area (Å²) < 4.78 is 5.36. The fourth-order valence-electron chi connectivity index (χ4n) is 2.39. The number of H-pyrrole nitrogens is 1. The minimum atomic E-state index is 0.0174. The van der Waals surface area contributed by atoms with Crippen LogP contribution in [0, 0.1) is 6.92 Å². The maximum atomic E-state index is 11.7. The number of aryl methyl sites for hydroxylation is 1. The third-order valence-corrected chi connectivity index (χ3v) is 4.40. The molecule has 2 aromatic rings. The van der Waals surface area contributed by atoms with E-state index in [4.69, 9.17) is 4.74 Å². The maximum Gasteiger partial charge on any atom is 0.305 e. The summed E-state index contributed by atoms with van der Waals surface area (Å²) in [5.74, 6) is 0. The van der Waals surface area contributed by atoms with E-state index in [2.05, 4.69) is 41.1 Å². The fourth-order valence-corrected chi connectivity index (χ4v) is 3.28. The van der Waals surface area contributed by atoms with E-state index in [1.165, 1.54) is 16.9 Å². The van der Waals surface area contributed by atoms with E-state index < -0.39 is 0 Å². The van der Waals surface area contributed by atoms with Crippen molar-refractivity contribution in [3.63, 3.8) is 0 Å². The normalized spacial score (nSPS) is 16.4. The van der Waals surface area contributed by atoms with Crippen LogP contribution in [0.4, 0.5) is 0 Å². The van der Waals surface area contributed by atoms with Gasteiger partial charge in [0.25, 0.3) is 0 Å². The maximum absolute atomic E-state index is 11.7. The van der Waals surface area contributed by atoms with E-state index in [-0.39, 0.29) is 4.87 Å². The van der Waals surface area contributed by atoms with Gasteiger partial charge in [-0.2, -0.15) is 0 Å². The number of aromatic amines is 1. The van der Waals surface area contributed by atoms with Crippen molar-refractivity contribution in [3.05, 3.63) is 44.4 Å². The topological polar surface area (TPSA) is 45.3 Å². The van der Waals surface area contributed by atoms with Crippen LogP contribution in [0.25, 0.3) is 11.3 Å². The van der Waals surface area contributed by atoms with Gasteiger partial charge in [-0.25, -0.2) is 0 Å². The highest BCUT2D eigenvalue weighted by atomic mass is 32.1. The first kappa shape index (κ1) is 13.5. The molecule has 3 rings (SSSR count). The molecule has 20 heavy (non-hydrogen) atoms. The monoisotopic (exact) mass is 290 g/mol. The Morgan fingerprint density at radius 3 is 2.65 bits per heavy atom. The summed E-state index contributed by atoms with van der Waals surface area (Å²) >= 11 is 1.31. The van der Waals surface area contributed by atoms with E-state index in [1.807, 2.05) is 0 Å². The Morgan fingerprint density at radius 2 is 1.95 bits per heavy atom. The number of nitrogens with zero attached hydrogens (tertiary/aromatic N) is 1. The molecule has 1 aromatic heterocycles. The number of ether oxygens (including phenoxy) is 1. The number of aromatic nitrogens is 1. The minimum absolute atomic E-state index is 0.0174. The lowest BCUT2D eigenvalue weighted by Gasteiger charge is -2.26. The Kier molecular flexibility index (Phi) is 4.00. The Bertz CT molecular complexity index is 624. The molecule has 1 aliphatic rings. The van der Waals surface area contributed by atoms with Crippen molar-refractivity contribution in [1.82, 2.24) is 9.88 Å². The fraction of sp³-hybridized carbons (Fsp3) is 0.400. The first-order valence-corrected chi connectivity index (χ1v) is 7.63. The summed E-state index contributed by atoms with van der Waals surface area (Å²) in [5.41, 5.74) is 3.27. The molecule has 2 heterocycles. The van der Waals surface area contributed by atoms with Crippen molar-refractivity contribution in [2.75, 3.05) is 26.3 Å². The van der Waals surface area contributed by atoms with Gasteiger partial charge in [-0.05, 0) is 12.5 Å². The van der Waals surface area contributed by atoms with Crippen LogP contribution in [0.3, 0.4) is 0 Å². The Balaban J connectivity index is 1.87. The lowest BCUT2D eigenvalue weighted by atomic mass is 10.1. The van der Waals surface area contributed by atoms with Crippen molar-refractivity contribution < 1.29 is 4.74 Å². The van der Waals surface area contributed by atoms with Crippen molar-refractivity contribution in [2.45, 2.75) is 13.5 Å². The molecule has 5 heteroatoms. The molecule has 0 spiro atoms. The molecule has 0 amide bonds. The lowest BCUT2D eigenvalue weighted by molar-refractivity contribution is 0.0347. The van der Waals surface area contributed by atoms with Crippen molar-refractivity contribution in [2.24, 2.45) is 0 Å². The molecule has 0 atom stereocenters. The van der Waals surface area contributed by atoms with Gasteiger partial charge in [-0.1, -0.05) is 41.2 Å². The predicted molar refractivity (Wildman–Crippen MR) is 81.2 cm³/mol. The Morgan fingerprint density at radius 1 is 1.25 bits per heavy atom. The molecule has 0 saturated carbocycles. The standard InChI is InChI=1S/C15H18N2O2S/c1-11-2-4-12(5-3-11)14-13(20-15(18)16-14)10-17-6-8-19-9-7-17/h2-5H,6-10H2,1H3,(H,16,18). The highest BCUT2D eigenvalue weighted by Crippen LogP contribution is 2.25. The number of morpholine rings is 1. The zero-order valence-corrected chi connectivity index (χ0v) is 12.3. The lowest BCUT2D eigenvalue weighted by Crippen LogP contribution is -2.35. The molecule has 0 bridgehead atoms. The summed E-state index contributed by atoms with van der Waals surface area (Å²) in [6.45, 7) is 6.29. The van der Waals surface area contributed by atoms with Crippen LogP contribution in [0.15, 0.2) is 29.1 Å². The van der Waals surface area contributed by atoms with E-state index in [0.717, 1.165) is 49.0 Å². The molecule has 0 radical (unpaired) electrons. The molecular formula is C15H18N2O2S. The van der Waals surface area contributed by atoms with Crippen LogP contribution in [-0.2, 0) is 11.3 Å². The second kappa shape index (κ2) is 5.91. The zero-order valence-electron chi connectivity index (χ0n) is 11.5. The number of thiazole rings is 1. The van der Waals surface area contributed by atoms with Gasteiger partial charge in [0.2, 0.25) is 0 Å². The second-order valence-corrected chi connectivity index (χ2v) is 6.13. The largest absolute Gasteiger partial charge is 0.379 e. The van der Waals surface area contributed by atoms with Gasteiger partial charge in [0, 0.05) is 24.5 Å². The van der Waals surface area contributed by atoms with Crippen molar-refractivity contribution in [1.29, 1.82) is 0 Å². The molecule has 1 aromatic carbocycles. The minimum Gasteiger partial charge on any atom is -0.379 e. The van der Waals surface area contributed by atoms with Crippen LogP contribution in [0.1, 0.15) is 10.4 Å². The van der Waals surface area contributed by atoms with Crippen LogP contribution >= 0.6 is 11.3 Å². The van der Waals surface area contributed by atoms with Gasteiger partial charge < -0.3 is 9.72 Å². The van der Waals surface area contributed by atoms with Gasteiger partial charge in [-0.3, -0.25) is 9.69 Å². The number of benzene rings is 1. The number of nitrogens with one attached hydrogen (secondary N) is 1. The summed E-state index contributed by atoms with van der Waals surface area (Å²) in [5, 5.41) is 0. The van der Waals surface area contributed by atoms with Crippen LogP contribution in [0.2, 0.25) is 0 Å². The number of hydrogen-bond acceptors (Lipinski definition) is 4. The Hall–Kier alpha value is -1.43. The highest BCUT2D eigenvalue weighted by molar-refractivity contribution is 7.09. The zero-order chi connectivity index (χ0) is 13.9. The first-order valence-electron chi connectivity index (χ1n) is 6.81. The third kappa shape index (κ3) is 3.00. The average Bonchev–Trinajstić information content (AvgIpc) is 2.81. The third-order valence-electron chi connectivity index (χ3n) is 3.53. The quantitative estimate of drug-likeness (QED) is 0.943. The molecule has 1 N–H and O–H groups in total. The molecule has 1 aliphatic heterocycles. The Labute approximate surface area is 122 Å². The summed E-state index contributed by atoms with van der Waals surface area (Å²) in [6, 6.07) is 8.28. The number of hydrogen-bond donors (Lipinski definition) is 1. The van der Waals surface area contributed by atoms with Crippen molar-refractivity contribution in [3.8, 4) is 11.3 Å². The summed E-state index contributed by atoms with van der Waals surface area (Å²) in [6.07, 6.45) is 0. The van der Waals surface area contributed by atoms with Crippen LogP contribution in [0.5, 0.6) is 0 Å². The highest BCUT2D eigenvalue weighted by Gasteiger charge is 2.16. The molecule has 106 valence electrons. The van der Waals surface area contributed by atoms with Gasteiger partial charge >= 0.3 is 4.87 Å². The number of rotatable bonds is 3. The van der Waals surface area contributed by atoms with Gasteiger partial charge in [0.1, 0.15) is 0 Å². The van der Waals surface area contributed by atoms with E-state index in [1.54, 1.807) is 0 Å². The smallest absolute Gasteiger partial charge is 0.305 e. The predicted octanol–water partition coefficient (Wildman–Crippen LogP) is 2.24. The van der Waals surface area contributed by atoms with Gasteiger partial charge in [0.15, 0.2) is 0 Å².